The maximum atomic E-state index is 10.9. The number of nitrogens with two attached hydrogens (primary N) is 1. The average molecular weight is 265 g/mol. The summed E-state index contributed by atoms with van der Waals surface area (Å²) in [6.45, 7) is 2.27. The van der Waals surface area contributed by atoms with Gasteiger partial charge in [-0.1, -0.05) is 0 Å². The number of pyridine rings is 1. The largest absolute Gasteiger partial charge is 0.478 e. The van der Waals surface area contributed by atoms with E-state index in [4.69, 9.17) is 15.6 Å². The van der Waals surface area contributed by atoms with Gasteiger partial charge in [0.15, 0.2) is 0 Å². The molecule has 6 heteroatoms. The molecular formula is C13H19N3O3. The highest BCUT2D eigenvalue weighted by molar-refractivity contribution is 5.94. The number of anilines is 2. The number of ether oxygens (including phenoxy) is 1. The van der Waals surface area contributed by atoms with Crippen LogP contribution >= 0.6 is 0 Å². The summed E-state index contributed by atoms with van der Waals surface area (Å²) in [6, 6.07) is 1.45. The number of nitrogens with one attached hydrogen (secondary N) is 1. The maximum Gasteiger partial charge on any atom is 0.337 e. The van der Waals surface area contributed by atoms with Crippen molar-refractivity contribution in [3.8, 4) is 0 Å². The molecule has 1 aliphatic rings. The van der Waals surface area contributed by atoms with Crippen LogP contribution in [0.3, 0.4) is 0 Å². The zero-order valence-corrected chi connectivity index (χ0v) is 10.8. The van der Waals surface area contributed by atoms with Gasteiger partial charge >= 0.3 is 5.97 Å². The third kappa shape index (κ3) is 4.40. The lowest BCUT2D eigenvalue weighted by atomic mass is 10.2. The number of hydrogen-bond acceptors (Lipinski definition) is 5. The van der Waals surface area contributed by atoms with E-state index in [9.17, 15) is 4.79 Å². The fraction of sp³-hybridized carbons (Fsp3) is 0.538. The van der Waals surface area contributed by atoms with Gasteiger partial charge in [-0.2, -0.15) is 0 Å². The van der Waals surface area contributed by atoms with E-state index < -0.39 is 5.97 Å². The van der Waals surface area contributed by atoms with E-state index in [1.54, 1.807) is 0 Å². The van der Waals surface area contributed by atoms with Gasteiger partial charge in [0.1, 0.15) is 5.82 Å². The van der Waals surface area contributed by atoms with Gasteiger partial charge in [-0.15, -0.1) is 0 Å². The van der Waals surface area contributed by atoms with Crippen LogP contribution < -0.4 is 11.1 Å². The third-order valence-corrected chi connectivity index (χ3v) is 2.99. The lowest BCUT2D eigenvalue weighted by Gasteiger charge is -2.08. The molecule has 0 unspecified atom stereocenters. The minimum absolute atomic E-state index is 0.0717. The normalized spacial score (nSPS) is 14.3. The molecule has 0 aliphatic heterocycles. The van der Waals surface area contributed by atoms with Crippen molar-refractivity contribution in [2.45, 2.75) is 19.3 Å². The molecule has 0 saturated heterocycles. The fourth-order valence-electron chi connectivity index (χ4n) is 1.67. The van der Waals surface area contributed by atoms with Crippen molar-refractivity contribution in [3.63, 3.8) is 0 Å². The minimum atomic E-state index is -1.05. The standard InChI is InChI=1S/C13H19N3O3/c14-11-7-16-12(6-10(11)13(17)18)15-4-1-5-19-8-9-2-3-9/h6-7,9H,1-5,8,14H2,(H,15,16)(H,17,18). The van der Waals surface area contributed by atoms with Crippen molar-refractivity contribution in [2.75, 3.05) is 30.8 Å². The van der Waals surface area contributed by atoms with Gasteiger partial charge < -0.3 is 20.9 Å². The van der Waals surface area contributed by atoms with Crippen LogP contribution in [-0.4, -0.2) is 35.8 Å². The summed E-state index contributed by atoms with van der Waals surface area (Å²) in [4.78, 5) is 14.9. The predicted molar refractivity (Wildman–Crippen MR) is 72.3 cm³/mol. The van der Waals surface area contributed by atoms with E-state index in [-0.39, 0.29) is 11.3 Å². The van der Waals surface area contributed by atoms with Crippen LogP contribution in [0.1, 0.15) is 29.6 Å². The molecule has 6 nitrogen and oxygen atoms in total. The molecular weight excluding hydrogens is 246 g/mol. The zero-order valence-electron chi connectivity index (χ0n) is 10.8. The number of nitrogens with zero attached hydrogens (tertiary/aromatic N) is 1. The molecule has 0 atom stereocenters. The highest BCUT2D eigenvalue weighted by Gasteiger charge is 2.20. The number of carboxylic acid groups (broad SMARTS) is 1. The number of hydrogen-bond donors (Lipinski definition) is 3. The van der Waals surface area contributed by atoms with Crippen LogP contribution in [0, 0.1) is 5.92 Å². The monoisotopic (exact) mass is 265 g/mol. The molecule has 1 aromatic heterocycles. The average Bonchev–Trinajstić information content (AvgIpc) is 3.19. The smallest absolute Gasteiger partial charge is 0.337 e. The van der Waals surface area contributed by atoms with Gasteiger partial charge in [0.25, 0.3) is 0 Å². The number of nitrogen functional groups attached to an aromatic ring is 1. The summed E-state index contributed by atoms with van der Waals surface area (Å²) in [7, 11) is 0. The van der Waals surface area contributed by atoms with E-state index >= 15 is 0 Å². The van der Waals surface area contributed by atoms with Crippen LogP contribution in [0.25, 0.3) is 0 Å². The topological polar surface area (TPSA) is 97.5 Å². The van der Waals surface area contributed by atoms with Crippen LogP contribution in [0.2, 0.25) is 0 Å². The Morgan fingerprint density at radius 1 is 1.58 bits per heavy atom. The Labute approximate surface area is 112 Å². The molecule has 0 radical (unpaired) electrons. The van der Waals surface area contributed by atoms with Crippen molar-refractivity contribution in [3.05, 3.63) is 17.8 Å². The van der Waals surface area contributed by atoms with Gasteiger partial charge in [0.05, 0.1) is 17.4 Å². The number of rotatable bonds is 8. The van der Waals surface area contributed by atoms with Gasteiger partial charge in [-0.05, 0) is 31.2 Å². The van der Waals surface area contributed by atoms with E-state index in [0.29, 0.717) is 19.0 Å². The Hall–Kier alpha value is -1.82. The van der Waals surface area contributed by atoms with Crippen molar-refractivity contribution >= 4 is 17.5 Å². The summed E-state index contributed by atoms with van der Waals surface area (Å²) < 4.78 is 5.50. The quantitative estimate of drug-likeness (QED) is 0.617. The lowest BCUT2D eigenvalue weighted by Crippen LogP contribution is -2.10. The van der Waals surface area contributed by atoms with Gasteiger partial charge in [-0.25, -0.2) is 9.78 Å². The molecule has 1 aliphatic carbocycles. The van der Waals surface area contributed by atoms with Gasteiger partial charge in [-0.3, -0.25) is 0 Å². The van der Waals surface area contributed by atoms with Crippen LogP contribution in [-0.2, 0) is 4.74 Å². The molecule has 1 heterocycles. The molecule has 19 heavy (non-hydrogen) atoms. The molecule has 2 rings (SSSR count). The fourth-order valence-corrected chi connectivity index (χ4v) is 1.67. The van der Waals surface area contributed by atoms with Crippen LogP contribution in [0.15, 0.2) is 12.3 Å². The molecule has 4 N–H and O–H groups in total. The first-order chi connectivity index (χ1) is 9.16. The molecule has 1 saturated carbocycles. The Balaban J connectivity index is 1.69. The van der Waals surface area contributed by atoms with Crippen LogP contribution in [0.5, 0.6) is 0 Å². The number of carbonyl (C=O) groups is 1. The van der Waals surface area contributed by atoms with E-state index in [2.05, 4.69) is 10.3 Å². The summed E-state index contributed by atoms with van der Waals surface area (Å²) >= 11 is 0. The summed E-state index contributed by atoms with van der Waals surface area (Å²) in [5, 5.41) is 12.0. The number of aromatic nitrogens is 1. The predicted octanol–water partition coefficient (Wildman–Crippen LogP) is 1.59. The van der Waals surface area contributed by atoms with Crippen molar-refractivity contribution in [2.24, 2.45) is 5.92 Å². The van der Waals surface area contributed by atoms with E-state index in [1.807, 2.05) is 0 Å². The summed E-state index contributed by atoms with van der Waals surface area (Å²) in [5.41, 5.74) is 5.77. The third-order valence-electron chi connectivity index (χ3n) is 2.99. The van der Waals surface area contributed by atoms with E-state index in [1.165, 1.54) is 25.1 Å². The molecule has 1 fully saturated rings. The number of carboxylic acids is 1. The van der Waals surface area contributed by atoms with Crippen molar-refractivity contribution < 1.29 is 14.6 Å². The second kappa shape index (κ2) is 6.38. The van der Waals surface area contributed by atoms with Crippen LogP contribution in [0.4, 0.5) is 11.5 Å². The molecule has 0 aromatic carbocycles. The Kier molecular flexibility index (Phi) is 4.57. The SMILES string of the molecule is Nc1cnc(NCCCOCC2CC2)cc1C(=O)O. The first-order valence-electron chi connectivity index (χ1n) is 6.47. The van der Waals surface area contributed by atoms with Crippen molar-refractivity contribution in [1.82, 2.24) is 4.98 Å². The Bertz CT molecular complexity index is 447. The molecule has 104 valence electrons. The second-order valence-electron chi connectivity index (χ2n) is 4.76. The Morgan fingerprint density at radius 3 is 3.05 bits per heavy atom. The van der Waals surface area contributed by atoms with Crippen molar-refractivity contribution in [1.29, 1.82) is 0 Å². The highest BCUT2D eigenvalue weighted by Crippen LogP contribution is 2.28. The number of aromatic carboxylic acids is 1. The molecule has 0 bridgehead atoms. The lowest BCUT2D eigenvalue weighted by molar-refractivity contribution is 0.0698. The van der Waals surface area contributed by atoms with E-state index in [0.717, 1.165) is 18.9 Å². The zero-order chi connectivity index (χ0) is 13.7. The first-order valence-corrected chi connectivity index (χ1v) is 6.47. The van der Waals surface area contributed by atoms with Gasteiger partial charge in [0, 0.05) is 19.8 Å². The molecule has 0 amide bonds. The minimum Gasteiger partial charge on any atom is -0.478 e. The molecule has 0 spiro atoms. The highest BCUT2D eigenvalue weighted by atomic mass is 16.5. The Morgan fingerprint density at radius 2 is 2.37 bits per heavy atom. The van der Waals surface area contributed by atoms with Gasteiger partial charge in [0.2, 0.25) is 0 Å². The summed E-state index contributed by atoms with van der Waals surface area (Å²) in [6.07, 6.45) is 4.81. The first kappa shape index (κ1) is 13.6. The second-order valence-corrected chi connectivity index (χ2v) is 4.76. The maximum absolute atomic E-state index is 10.9. The molecule has 1 aromatic rings. The summed E-state index contributed by atoms with van der Waals surface area (Å²) in [5.74, 6) is 0.259.